The van der Waals surface area contributed by atoms with Crippen molar-refractivity contribution in [2.24, 2.45) is 0 Å². The first kappa shape index (κ1) is 19.1. The van der Waals surface area contributed by atoms with Gasteiger partial charge in [0.1, 0.15) is 17.2 Å². The lowest BCUT2D eigenvalue weighted by Gasteiger charge is -2.23. The third kappa shape index (κ3) is 3.09. The molecule has 2 atom stereocenters. The van der Waals surface area contributed by atoms with Crippen LogP contribution >= 0.6 is 0 Å². The summed E-state index contributed by atoms with van der Waals surface area (Å²) in [4.78, 5) is 8.03. The second-order valence-electron chi connectivity index (χ2n) is 7.58. The van der Waals surface area contributed by atoms with Gasteiger partial charge in [-0.3, -0.25) is 4.98 Å². The van der Waals surface area contributed by atoms with Crippen LogP contribution in [0.15, 0.2) is 73.4 Å². The molecule has 0 saturated carbocycles. The Morgan fingerprint density at radius 2 is 1.81 bits per heavy atom. The van der Waals surface area contributed by atoms with Crippen LogP contribution in [-0.4, -0.2) is 19.6 Å². The van der Waals surface area contributed by atoms with Gasteiger partial charge in [-0.25, -0.2) is 13.8 Å². The van der Waals surface area contributed by atoms with Crippen molar-refractivity contribution in [1.82, 2.24) is 14.5 Å². The highest BCUT2D eigenvalue weighted by Crippen LogP contribution is 2.47. The summed E-state index contributed by atoms with van der Waals surface area (Å²) in [6.07, 6.45) is 6.08. The number of halogens is 2. The van der Waals surface area contributed by atoms with Gasteiger partial charge in [0.25, 0.3) is 0 Å². The molecular weight excluding hydrogens is 398 g/mol. The van der Waals surface area contributed by atoms with Gasteiger partial charge >= 0.3 is 0 Å². The Labute approximate surface area is 176 Å². The van der Waals surface area contributed by atoms with E-state index in [1.807, 2.05) is 6.07 Å². The Bertz CT molecular complexity index is 1330. The fraction of sp³-hybridized carbons (Fsp3) is 0.125. The molecule has 5 rings (SSSR count). The smallest absolute Gasteiger partial charge is 0.142 e. The summed E-state index contributed by atoms with van der Waals surface area (Å²) in [5, 5.41) is 20.6. The van der Waals surface area contributed by atoms with Gasteiger partial charge in [-0.15, -0.1) is 0 Å². The molecule has 3 heterocycles. The Balaban J connectivity index is 1.53. The Hall–Kier alpha value is -3.89. The SMILES string of the molecule is N#Cc1ccc([C@H]2CC(O)(c3ccc(-c4cncc(F)c4)cc3)c3cncn32)c(F)c1. The number of hydrogen-bond donors (Lipinski definition) is 1. The maximum atomic E-state index is 14.7. The minimum absolute atomic E-state index is 0.217. The zero-order valence-electron chi connectivity index (χ0n) is 16.2. The summed E-state index contributed by atoms with van der Waals surface area (Å²) < 4.78 is 30.0. The first-order chi connectivity index (χ1) is 15.0. The maximum Gasteiger partial charge on any atom is 0.142 e. The summed E-state index contributed by atoms with van der Waals surface area (Å²) in [5.41, 5.74) is 1.83. The molecule has 7 heteroatoms. The number of rotatable bonds is 3. The first-order valence-corrected chi connectivity index (χ1v) is 9.65. The quantitative estimate of drug-likeness (QED) is 0.542. The number of aromatic nitrogens is 3. The Kier molecular flexibility index (Phi) is 4.38. The third-order valence-electron chi connectivity index (χ3n) is 5.80. The highest BCUT2D eigenvalue weighted by molar-refractivity contribution is 5.63. The molecule has 2 aromatic carbocycles. The van der Waals surface area contributed by atoms with Crippen molar-refractivity contribution in [2.45, 2.75) is 18.1 Å². The minimum atomic E-state index is -1.37. The lowest BCUT2D eigenvalue weighted by Crippen LogP contribution is -2.24. The molecule has 1 N–H and O–H groups in total. The lowest BCUT2D eigenvalue weighted by atomic mass is 9.86. The van der Waals surface area contributed by atoms with Crippen LogP contribution in [0.3, 0.4) is 0 Å². The van der Waals surface area contributed by atoms with E-state index in [1.165, 1.54) is 12.1 Å². The molecule has 0 fully saturated rings. The fourth-order valence-corrected chi connectivity index (χ4v) is 4.26. The van der Waals surface area contributed by atoms with Crippen molar-refractivity contribution >= 4 is 0 Å². The molecule has 1 unspecified atom stereocenters. The largest absolute Gasteiger partial charge is 0.379 e. The summed E-state index contributed by atoms with van der Waals surface area (Å²) in [6.45, 7) is 0. The molecule has 0 bridgehead atoms. The van der Waals surface area contributed by atoms with E-state index in [0.29, 0.717) is 22.4 Å². The van der Waals surface area contributed by atoms with Crippen LogP contribution in [0.4, 0.5) is 8.78 Å². The van der Waals surface area contributed by atoms with E-state index >= 15 is 0 Å². The summed E-state index contributed by atoms with van der Waals surface area (Å²) in [7, 11) is 0. The van der Waals surface area contributed by atoms with Gasteiger partial charge in [-0.05, 0) is 29.3 Å². The van der Waals surface area contributed by atoms with Crippen molar-refractivity contribution in [1.29, 1.82) is 5.26 Å². The maximum absolute atomic E-state index is 14.7. The molecule has 0 amide bonds. The van der Waals surface area contributed by atoms with Crippen LogP contribution in [0, 0.1) is 23.0 Å². The molecule has 31 heavy (non-hydrogen) atoms. The van der Waals surface area contributed by atoms with Gasteiger partial charge in [0.2, 0.25) is 0 Å². The van der Waals surface area contributed by atoms with Gasteiger partial charge in [0.05, 0.1) is 42.1 Å². The zero-order chi connectivity index (χ0) is 21.6. The van der Waals surface area contributed by atoms with E-state index in [1.54, 1.807) is 59.7 Å². The van der Waals surface area contributed by atoms with Crippen molar-refractivity contribution in [3.05, 3.63) is 107 Å². The Morgan fingerprint density at radius 3 is 2.52 bits per heavy atom. The highest BCUT2D eigenvalue weighted by atomic mass is 19.1. The van der Waals surface area contributed by atoms with Gasteiger partial charge in [0, 0.05) is 23.7 Å². The number of pyridine rings is 1. The molecule has 0 spiro atoms. The van der Waals surface area contributed by atoms with E-state index < -0.39 is 23.3 Å². The van der Waals surface area contributed by atoms with E-state index in [9.17, 15) is 13.9 Å². The predicted octanol–water partition coefficient (Wildman–Crippen LogP) is 4.32. The van der Waals surface area contributed by atoms with Crippen LogP contribution in [-0.2, 0) is 5.60 Å². The highest BCUT2D eigenvalue weighted by Gasteiger charge is 2.45. The number of benzene rings is 2. The van der Waals surface area contributed by atoms with Crippen LogP contribution in [0.1, 0.15) is 34.8 Å². The monoisotopic (exact) mass is 414 g/mol. The number of aliphatic hydroxyl groups is 1. The normalized spacial score (nSPS) is 19.7. The summed E-state index contributed by atoms with van der Waals surface area (Å²) in [5.74, 6) is -0.922. The number of fused-ring (bicyclic) bond motifs is 1. The van der Waals surface area contributed by atoms with Crippen molar-refractivity contribution in [3.63, 3.8) is 0 Å². The second-order valence-corrected chi connectivity index (χ2v) is 7.58. The van der Waals surface area contributed by atoms with E-state index in [2.05, 4.69) is 9.97 Å². The van der Waals surface area contributed by atoms with E-state index in [4.69, 9.17) is 5.26 Å². The van der Waals surface area contributed by atoms with E-state index in [0.717, 1.165) is 11.8 Å². The van der Waals surface area contributed by atoms with Crippen molar-refractivity contribution in [2.75, 3.05) is 0 Å². The second kappa shape index (κ2) is 7.11. The molecule has 1 aliphatic rings. The molecular formula is C24H16F2N4O. The molecule has 4 aromatic rings. The molecule has 5 nitrogen and oxygen atoms in total. The number of imidazole rings is 1. The lowest BCUT2D eigenvalue weighted by molar-refractivity contribution is 0.0792. The van der Waals surface area contributed by atoms with E-state index in [-0.39, 0.29) is 12.0 Å². The molecule has 0 saturated heterocycles. The van der Waals surface area contributed by atoms with Crippen LogP contribution in [0.5, 0.6) is 0 Å². The van der Waals surface area contributed by atoms with Gasteiger partial charge in [0.15, 0.2) is 0 Å². The predicted molar refractivity (Wildman–Crippen MR) is 109 cm³/mol. The van der Waals surface area contributed by atoms with Crippen LogP contribution < -0.4 is 0 Å². The minimum Gasteiger partial charge on any atom is -0.379 e. The zero-order valence-corrected chi connectivity index (χ0v) is 16.2. The molecule has 2 aromatic heterocycles. The third-order valence-corrected chi connectivity index (χ3v) is 5.80. The van der Waals surface area contributed by atoms with Gasteiger partial charge < -0.3 is 9.67 Å². The van der Waals surface area contributed by atoms with Gasteiger partial charge in [-0.2, -0.15) is 5.26 Å². The van der Waals surface area contributed by atoms with Crippen molar-refractivity contribution < 1.29 is 13.9 Å². The molecule has 0 radical (unpaired) electrons. The summed E-state index contributed by atoms with van der Waals surface area (Å²) >= 11 is 0. The molecule has 1 aliphatic heterocycles. The van der Waals surface area contributed by atoms with Gasteiger partial charge in [-0.1, -0.05) is 30.3 Å². The van der Waals surface area contributed by atoms with Crippen LogP contribution in [0.25, 0.3) is 11.1 Å². The Morgan fingerprint density at radius 1 is 1.00 bits per heavy atom. The topological polar surface area (TPSA) is 74.7 Å². The first-order valence-electron chi connectivity index (χ1n) is 9.65. The number of nitriles is 1. The average molecular weight is 414 g/mol. The average Bonchev–Trinajstić information content (AvgIpc) is 3.37. The van der Waals surface area contributed by atoms with Crippen molar-refractivity contribution in [3.8, 4) is 17.2 Å². The summed E-state index contributed by atoms with van der Waals surface area (Å²) in [6, 6.07) is 14.3. The fourth-order valence-electron chi connectivity index (χ4n) is 4.26. The number of nitrogens with zero attached hydrogens (tertiary/aromatic N) is 4. The standard InChI is InChI=1S/C24H16F2N4O/c25-19-8-17(11-28-12-19)16-2-4-18(5-3-16)24(31)9-22(30-14-29-13-23(24)30)20-6-1-15(10-27)7-21(20)26/h1-8,11-14,22,31H,9H2/t22-,24?/m1/s1. The molecule has 0 aliphatic carbocycles. The number of hydrogen-bond acceptors (Lipinski definition) is 4. The molecule has 152 valence electrons. The van der Waals surface area contributed by atoms with Crippen LogP contribution in [0.2, 0.25) is 0 Å².